The Hall–Kier alpha value is -2.37. The van der Waals surface area contributed by atoms with Crippen LogP contribution < -0.4 is 10.1 Å². The first kappa shape index (κ1) is 18.4. The molecule has 0 aliphatic carbocycles. The summed E-state index contributed by atoms with van der Waals surface area (Å²) in [5.41, 5.74) is 4.87. The normalized spacial score (nSPS) is 10.6. The topological polar surface area (TPSA) is 51.2 Å². The van der Waals surface area contributed by atoms with E-state index in [-0.39, 0.29) is 12.5 Å². The quantitative estimate of drug-likeness (QED) is 0.638. The zero-order chi connectivity index (χ0) is 18.7. The Morgan fingerprint density at radius 2 is 2.00 bits per heavy atom. The van der Waals surface area contributed by atoms with Gasteiger partial charge in [-0.2, -0.15) is 0 Å². The van der Waals surface area contributed by atoms with Gasteiger partial charge in [0.2, 0.25) is 0 Å². The fraction of sp³-hybridized carbons (Fsp3) is 0.200. The number of anilines is 1. The van der Waals surface area contributed by atoms with Crippen LogP contribution in [0.4, 0.5) is 5.13 Å². The van der Waals surface area contributed by atoms with Gasteiger partial charge in [0.05, 0.1) is 5.69 Å². The van der Waals surface area contributed by atoms with Crippen LogP contribution in [-0.4, -0.2) is 17.5 Å². The summed E-state index contributed by atoms with van der Waals surface area (Å²) < 4.78 is 5.69. The maximum Gasteiger partial charge on any atom is 0.264 e. The lowest BCUT2D eigenvalue weighted by molar-refractivity contribution is -0.118. The highest BCUT2D eigenvalue weighted by Crippen LogP contribution is 2.30. The smallest absolute Gasteiger partial charge is 0.264 e. The predicted octanol–water partition coefficient (Wildman–Crippen LogP) is 5.41. The summed E-state index contributed by atoms with van der Waals surface area (Å²) in [4.78, 5) is 16.6. The predicted molar refractivity (Wildman–Crippen MR) is 107 cm³/mol. The van der Waals surface area contributed by atoms with E-state index in [9.17, 15) is 4.79 Å². The second kappa shape index (κ2) is 7.89. The zero-order valence-electron chi connectivity index (χ0n) is 14.8. The first-order valence-corrected chi connectivity index (χ1v) is 9.40. The van der Waals surface area contributed by atoms with Crippen molar-refractivity contribution in [2.45, 2.75) is 20.8 Å². The van der Waals surface area contributed by atoms with E-state index in [4.69, 9.17) is 16.3 Å². The standard InChI is InChI=1S/C20H19ClN2O2S/c1-12-8-13(2)14(3)18(9-12)25-10-19(24)23-20-22-17(11-26-20)15-6-4-5-7-16(15)21/h4-9,11H,10H2,1-3H3,(H,22,23,24). The number of hydrogen-bond acceptors (Lipinski definition) is 4. The third-order valence-corrected chi connectivity index (χ3v) is 5.11. The van der Waals surface area contributed by atoms with E-state index < -0.39 is 0 Å². The number of halogens is 1. The molecule has 4 nitrogen and oxygen atoms in total. The lowest BCUT2D eigenvalue weighted by Crippen LogP contribution is -2.20. The van der Waals surface area contributed by atoms with Gasteiger partial charge < -0.3 is 4.74 Å². The number of nitrogens with zero attached hydrogens (tertiary/aromatic N) is 1. The number of ether oxygens (including phenoxy) is 1. The van der Waals surface area contributed by atoms with Crippen molar-refractivity contribution < 1.29 is 9.53 Å². The first-order chi connectivity index (χ1) is 12.4. The largest absolute Gasteiger partial charge is 0.483 e. The van der Waals surface area contributed by atoms with Crippen LogP contribution in [0.1, 0.15) is 16.7 Å². The van der Waals surface area contributed by atoms with Gasteiger partial charge in [-0.05, 0) is 49.6 Å². The van der Waals surface area contributed by atoms with Gasteiger partial charge in [-0.1, -0.05) is 35.9 Å². The minimum atomic E-state index is -0.247. The van der Waals surface area contributed by atoms with Crippen LogP contribution in [0.3, 0.4) is 0 Å². The third-order valence-electron chi connectivity index (χ3n) is 4.02. The minimum absolute atomic E-state index is 0.0647. The Kier molecular flexibility index (Phi) is 5.59. The molecule has 0 saturated heterocycles. The van der Waals surface area contributed by atoms with Crippen LogP contribution >= 0.6 is 22.9 Å². The van der Waals surface area contributed by atoms with Crippen molar-refractivity contribution in [2.24, 2.45) is 0 Å². The molecule has 0 fully saturated rings. The molecule has 2 aromatic carbocycles. The van der Waals surface area contributed by atoms with Crippen molar-refractivity contribution >= 4 is 34.0 Å². The van der Waals surface area contributed by atoms with Gasteiger partial charge >= 0.3 is 0 Å². The van der Waals surface area contributed by atoms with E-state index in [1.165, 1.54) is 11.3 Å². The Morgan fingerprint density at radius 1 is 1.23 bits per heavy atom. The molecule has 3 rings (SSSR count). The Balaban J connectivity index is 1.64. The number of hydrogen-bond donors (Lipinski definition) is 1. The number of carbonyl (C=O) groups excluding carboxylic acids is 1. The van der Waals surface area contributed by atoms with E-state index >= 15 is 0 Å². The highest BCUT2D eigenvalue weighted by molar-refractivity contribution is 7.14. The molecule has 6 heteroatoms. The maximum atomic E-state index is 12.2. The van der Waals surface area contributed by atoms with Crippen LogP contribution in [0.25, 0.3) is 11.3 Å². The van der Waals surface area contributed by atoms with Crippen molar-refractivity contribution in [2.75, 3.05) is 11.9 Å². The molecule has 0 aliphatic heterocycles. The summed E-state index contributed by atoms with van der Waals surface area (Å²) in [6.07, 6.45) is 0. The lowest BCUT2D eigenvalue weighted by atomic mass is 10.1. The molecule has 1 heterocycles. The van der Waals surface area contributed by atoms with Gasteiger partial charge in [0.1, 0.15) is 5.75 Å². The van der Waals surface area contributed by atoms with Crippen LogP contribution in [0.5, 0.6) is 5.75 Å². The van der Waals surface area contributed by atoms with Gasteiger partial charge in [0, 0.05) is 16.0 Å². The van der Waals surface area contributed by atoms with Crippen molar-refractivity contribution in [3.8, 4) is 17.0 Å². The summed E-state index contributed by atoms with van der Waals surface area (Å²) >= 11 is 7.54. The van der Waals surface area contributed by atoms with E-state index in [1.54, 1.807) is 0 Å². The average Bonchev–Trinajstić information content (AvgIpc) is 3.05. The molecule has 26 heavy (non-hydrogen) atoms. The number of amides is 1. The molecule has 3 aromatic rings. The van der Waals surface area contributed by atoms with E-state index in [2.05, 4.69) is 16.4 Å². The number of thiazole rings is 1. The highest BCUT2D eigenvalue weighted by atomic mass is 35.5. The third kappa shape index (κ3) is 4.23. The molecule has 134 valence electrons. The molecule has 0 atom stereocenters. The van der Waals surface area contributed by atoms with Crippen molar-refractivity contribution in [3.05, 3.63) is 63.5 Å². The van der Waals surface area contributed by atoms with Crippen LogP contribution in [0.2, 0.25) is 5.02 Å². The maximum absolute atomic E-state index is 12.2. The van der Waals surface area contributed by atoms with Gasteiger partial charge in [-0.25, -0.2) is 4.98 Å². The highest BCUT2D eigenvalue weighted by Gasteiger charge is 2.11. The molecule has 1 amide bonds. The Bertz CT molecular complexity index is 953. The fourth-order valence-corrected chi connectivity index (χ4v) is 3.53. The van der Waals surface area contributed by atoms with Gasteiger partial charge in [0.25, 0.3) is 5.91 Å². The summed E-state index contributed by atoms with van der Waals surface area (Å²) in [5.74, 6) is 0.483. The number of benzene rings is 2. The second-order valence-corrected chi connectivity index (χ2v) is 7.32. The summed E-state index contributed by atoms with van der Waals surface area (Å²) in [6.45, 7) is 5.95. The molecule has 1 aromatic heterocycles. The number of carbonyl (C=O) groups is 1. The molecule has 0 spiro atoms. The van der Waals surface area contributed by atoms with Crippen LogP contribution in [0.15, 0.2) is 41.8 Å². The molecule has 0 radical (unpaired) electrons. The Labute approximate surface area is 161 Å². The number of aryl methyl sites for hydroxylation is 2. The van der Waals surface area contributed by atoms with E-state index in [0.717, 1.165) is 33.7 Å². The monoisotopic (exact) mass is 386 g/mol. The van der Waals surface area contributed by atoms with Gasteiger partial charge in [-0.3, -0.25) is 10.1 Å². The molecule has 0 unspecified atom stereocenters. The first-order valence-electron chi connectivity index (χ1n) is 8.15. The molecular weight excluding hydrogens is 368 g/mol. The molecule has 0 aliphatic rings. The summed E-state index contributed by atoms with van der Waals surface area (Å²) in [6, 6.07) is 11.5. The zero-order valence-corrected chi connectivity index (χ0v) is 16.4. The number of aromatic nitrogens is 1. The van der Waals surface area contributed by atoms with Crippen molar-refractivity contribution in [1.82, 2.24) is 4.98 Å². The molecule has 0 saturated carbocycles. The van der Waals surface area contributed by atoms with E-state index in [1.807, 2.05) is 56.5 Å². The van der Waals surface area contributed by atoms with Crippen LogP contribution in [-0.2, 0) is 4.79 Å². The summed E-state index contributed by atoms with van der Waals surface area (Å²) in [7, 11) is 0. The minimum Gasteiger partial charge on any atom is -0.483 e. The SMILES string of the molecule is Cc1cc(C)c(C)c(OCC(=O)Nc2nc(-c3ccccc3Cl)cs2)c1. The Morgan fingerprint density at radius 3 is 2.77 bits per heavy atom. The lowest BCUT2D eigenvalue weighted by Gasteiger charge is -2.11. The van der Waals surface area contributed by atoms with Gasteiger partial charge in [-0.15, -0.1) is 11.3 Å². The molecular formula is C20H19ClN2O2S. The van der Waals surface area contributed by atoms with Gasteiger partial charge in [0.15, 0.2) is 11.7 Å². The molecule has 0 bridgehead atoms. The fourth-order valence-electron chi connectivity index (χ4n) is 2.57. The summed E-state index contributed by atoms with van der Waals surface area (Å²) in [5, 5.41) is 5.79. The van der Waals surface area contributed by atoms with Crippen molar-refractivity contribution in [3.63, 3.8) is 0 Å². The average molecular weight is 387 g/mol. The second-order valence-electron chi connectivity index (χ2n) is 6.06. The molecule has 1 N–H and O–H groups in total. The number of rotatable bonds is 5. The number of nitrogens with one attached hydrogen (secondary N) is 1. The van der Waals surface area contributed by atoms with Crippen molar-refractivity contribution in [1.29, 1.82) is 0 Å². The van der Waals surface area contributed by atoms with E-state index in [0.29, 0.717) is 10.2 Å². The van der Waals surface area contributed by atoms with Crippen LogP contribution in [0, 0.1) is 20.8 Å².